The highest BCUT2D eigenvalue weighted by molar-refractivity contribution is 5.91. The summed E-state index contributed by atoms with van der Waals surface area (Å²) < 4.78 is 10.5. The molecule has 3 aromatic rings. The first-order valence-corrected chi connectivity index (χ1v) is 8.78. The quantitative estimate of drug-likeness (QED) is 0.627. The highest BCUT2D eigenvalue weighted by Gasteiger charge is 2.08. The van der Waals surface area contributed by atoms with Gasteiger partial charge in [0.15, 0.2) is 11.5 Å². The van der Waals surface area contributed by atoms with Gasteiger partial charge in [-0.3, -0.25) is 4.79 Å². The summed E-state index contributed by atoms with van der Waals surface area (Å²) in [6, 6.07) is 15.4. The molecule has 28 heavy (non-hydrogen) atoms. The normalized spacial score (nSPS) is 10.2. The number of rotatable bonds is 8. The molecule has 2 aromatic carbocycles. The SMILES string of the molecule is COc1ccc(CNc2cnc(C(=O)NCc3ccccc3)cn2)cc1OC. The second-order valence-corrected chi connectivity index (χ2v) is 6.00. The first kappa shape index (κ1) is 19.2. The topological polar surface area (TPSA) is 85.4 Å². The van der Waals surface area contributed by atoms with Gasteiger partial charge in [0.1, 0.15) is 11.5 Å². The van der Waals surface area contributed by atoms with E-state index in [0.717, 1.165) is 11.1 Å². The van der Waals surface area contributed by atoms with Crippen LogP contribution in [-0.2, 0) is 13.1 Å². The van der Waals surface area contributed by atoms with Crippen LogP contribution in [0.3, 0.4) is 0 Å². The lowest BCUT2D eigenvalue weighted by Gasteiger charge is -2.10. The van der Waals surface area contributed by atoms with Gasteiger partial charge in [-0.25, -0.2) is 9.97 Å². The summed E-state index contributed by atoms with van der Waals surface area (Å²) >= 11 is 0. The van der Waals surface area contributed by atoms with Crippen LogP contribution in [0, 0.1) is 0 Å². The van der Waals surface area contributed by atoms with Gasteiger partial charge < -0.3 is 20.1 Å². The number of nitrogens with one attached hydrogen (secondary N) is 2. The lowest BCUT2D eigenvalue weighted by molar-refractivity contribution is 0.0945. The third-order valence-electron chi connectivity index (χ3n) is 4.10. The summed E-state index contributed by atoms with van der Waals surface area (Å²) in [7, 11) is 3.20. The molecule has 0 atom stereocenters. The Balaban J connectivity index is 1.55. The van der Waals surface area contributed by atoms with Crippen molar-refractivity contribution in [3.05, 3.63) is 77.7 Å². The zero-order valence-electron chi connectivity index (χ0n) is 15.8. The molecule has 0 saturated heterocycles. The Hall–Kier alpha value is -3.61. The molecule has 7 nitrogen and oxygen atoms in total. The molecule has 0 saturated carbocycles. The minimum absolute atomic E-state index is 0.261. The van der Waals surface area contributed by atoms with E-state index in [1.807, 2.05) is 48.5 Å². The number of anilines is 1. The molecule has 0 aliphatic rings. The van der Waals surface area contributed by atoms with Crippen molar-refractivity contribution in [3.8, 4) is 11.5 Å². The molecule has 7 heteroatoms. The number of aromatic nitrogens is 2. The predicted molar refractivity (Wildman–Crippen MR) is 107 cm³/mol. The molecule has 2 N–H and O–H groups in total. The zero-order chi connectivity index (χ0) is 19.8. The Labute approximate surface area is 163 Å². The first-order valence-electron chi connectivity index (χ1n) is 8.78. The molecule has 1 heterocycles. The van der Waals surface area contributed by atoms with Crippen LogP contribution in [0.5, 0.6) is 11.5 Å². The number of nitrogens with zero attached hydrogens (tertiary/aromatic N) is 2. The zero-order valence-corrected chi connectivity index (χ0v) is 15.8. The number of methoxy groups -OCH3 is 2. The Morgan fingerprint density at radius 1 is 0.893 bits per heavy atom. The van der Waals surface area contributed by atoms with Gasteiger partial charge in [0.2, 0.25) is 0 Å². The minimum atomic E-state index is -0.261. The second kappa shape index (κ2) is 9.36. The van der Waals surface area contributed by atoms with Crippen LogP contribution in [0.2, 0.25) is 0 Å². The maximum absolute atomic E-state index is 12.2. The van der Waals surface area contributed by atoms with Crippen LogP contribution < -0.4 is 20.1 Å². The molecule has 0 spiro atoms. The van der Waals surface area contributed by atoms with Crippen molar-refractivity contribution in [1.29, 1.82) is 0 Å². The average molecular weight is 378 g/mol. The smallest absolute Gasteiger partial charge is 0.271 e. The number of ether oxygens (including phenoxy) is 2. The summed E-state index contributed by atoms with van der Waals surface area (Å²) in [6.07, 6.45) is 3.00. The van der Waals surface area contributed by atoms with E-state index in [1.54, 1.807) is 14.2 Å². The number of amides is 1. The molecule has 0 bridgehead atoms. The number of carbonyl (C=O) groups is 1. The van der Waals surface area contributed by atoms with E-state index in [2.05, 4.69) is 20.6 Å². The van der Waals surface area contributed by atoms with Gasteiger partial charge in [-0.2, -0.15) is 0 Å². The van der Waals surface area contributed by atoms with Crippen molar-refractivity contribution >= 4 is 11.7 Å². The van der Waals surface area contributed by atoms with E-state index in [-0.39, 0.29) is 11.6 Å². The first-order chi connectivity index (χ1) is 13.7. The molecule has 0 fully saturated rings. The maximum Gasteiger partial charge on any atom is 0.271 e. The van der Waals surface area contributed by atoms with Crippen molar-refractivity contribution in [2.75, 3.05) is 19.5 Å². The molecule has 144 valence electrons. The Kier molecular flexibility index (Phi) is 6.41. The molecular formula is C21H22N4O3. The summed E-state index contributed by atoms with van der Waals surface area (Å²) in [5.74, 6) is 1.66. The van der Waals surface area contributed by atoms with E-state index < -0.39 is 0 Å². The van der Waals surface area contributed by atoms with Crippen LogP contribution in [0.15, 0.2) is 60.9 Å². The van der Waals surface area contributed by atoms with Crippen LogP contribution >= 0.6 is 0 Å². The van der Waals surface area contributed by atoms with E-state index in [9.17, 15) is 4.79 Å². The van der Waals surface area contributed by atoms with Crippen molar-refractivity contribution in [1.82, 2.24) is 15.3 Å². The van der Waals surface area contributed by atoms with Crippen molar-refractivity contribution in [3.63, 3.8) is 0 Å². The van der Waals surface area contributed by atoms with E-state index in [4.69, 9.17) is 9.47 Å². The van der Waals surface area contributed by atoms with Crippen LogP contribution in [0.1, 0.15) is 21.6 Å². The highest BCUT2D eigenvalue weighted by Crippen LogP contribution is 2.27. The summed E-state index contributed by atoms with van der Waals surface area (Å²) in [4.78, 5) is 20.6. The van der Waals surface area contributed by atoms with Crippen LogP contribution in [-0.4, -0.2) is 30.1 Å². The standard InChI is InChI=1S/C21H22N4O3/c1-27-18-9-8-16(10-19(18)28-2)12-23-20-14-22-17(13-24-20)21(26)25-11-15-6-4-3-5-7-15/h3-10,13-14H,11-12H2,1-2H3,(H,23,24)(H,25,26). The number of benzene rings is 2. The van der Waals surface area contributed by atoms with Gasteiger partial charge in [-0.1, -0.05) is 36.4 Å². The molecule has 0 aliphatic heterocycles. The van der Waals surface area contributed by atoms with E-state index >= 15 is 0 Å². The number of hydrogen-bond acceptors (Lipinski definition) is 6. The van der Waals surface area contributed by atoms with E-state index in [1.165, 1.54) is 12.4 Å². The molecule has 0 radical (unpaired) electrons. The van der Waals surface area contributed by atoms with Gasteiger partial charge in [0.25, 0.3) is 5.91 Å². The van der Waals surface area contributed by atoms with Gasteiger partial charge >= 0.3 is 0 Å². The Morgan fingerprint density at radius 3 is 2.36 bits per heavy atom. The fraction of sp³-hybridized carbons (Fsp3) is 0.190. The van der Waals surface area contributed by atoms with Crippen molar-refractivity contribution in [2.45, 2.75) is 13.1 Å². The average Bonchev–Trinajstić information content (AvgIpc) is 2.76. The molecule has 0 unspecified atom stereocenters. The van der Waals surface area contributed by atoms with Gasteiger partial charge in [0.05, 0.1) is 26.6 Å². The second-order valence-electron chi connectivity index (χ2n) is 6.00. The van der Waals surface area contributed by atoms with Gasteiger partial charge in [-0.05, 0) is 23.3 Å². The third-order valence-corrected chi connectivity index (χ3v) is 4.10. The van der Waals surface area contributed by atoms with Gasteiger partial charge in [-0.15, -0.1) is 0 Å². The third kappa shape index (κ3) is 4.97. The molecule has 3 rings (SSSR count). The van der Waals surface area contributed by atoms with Gasteiger partial charge in [0, 0.05) is 13.1 Å². The largest absolute Gasteiger partial charge is 0.493 e. The molecular weight excluding hydrogens is 356 g/mol. The van der Waals surface area contributed by atoms with Crippen LogP contribution in [0.25, 0.3) is 0 Å². The van der Waals surface area contributed by atoms with Crippen molar-refractivity contribution in [2.24, 2.45) is 0 Å². The molecule has 1 aromatic heterocycles. The van der Waals surface area contributed by atoms with Crippen LogP contribution in [0.4, 0.5) is 5.82 Å². The summed E-state index contributed by atoms with van der Waals surface area (Å²) in [5.41, 5.74) is 2.30. The monoisotopic (exact) mass is 378 g/mol. The molecule has 0 aliphatic carbocycles. The number of hydrogen-bond donors (Lipinski definition) is 2. The Bertz CT molecular complexity index is 915. The predicted octanol–water partition coefficient (Wildman–Crippen LogP) is 3.04. The van der Waals surface area contributed by atoms with E-state index in [0.29, 0.717) is 30.4 Å². The van der Waals surface area contributed by atoms with Crippen molar-refractivity contribution < 1.29 is 14.3 Å². The maximum atomic E-state index is 12.2. The molecule has 1 amide bonds. The lowest BCUT2D eigenvalue weighted by atomic mass is 10.2. The lowest BCUT2D eigenvalue weighted by Crippen LogP contribution is -2.24. The fourth-order valence-electron chi connectivity index (χ4n) is 2.59. The summed E-state index contributed by atoms with van der Waals surface area (Å²) in [5, 5.41) is 6.00. The minimum Gasteiger partial charge on any atom is -0.493 e. The summed E-state index contributed by atoms with van der Waals surface area (Å²) in [6.45, 7) is 0.981. The number of carbonyl (C=O) groups excluding carboxylic acids is 1. The Morgan fingerprint density at radius 2 is 1.68 bits per heavy atom. The highest BCUT2D eigenvalue weighted by atomic mass is 16.5. The fourth-order valence-corrected chi connectivity index (χ4v) is 2.59.